The molecule has 2 aromatic carbocycles. The van der Waals surface area contributed by atoms with Crippen LogP contribution >= 0.6 is 34.8 Å². The number of fused-ring (bicyclic) bond motifs is 1. The largest absolute Gasteiger partial charge is 0.710 e. The van der Waals surface area contributed by atoms with Gasteiger partial charge in [-0.15, -0.1) is 11.6 Å². The number of alkyl halides is 1. The lowest BCUT2D eigenvalue weighted by atomic mass is 10.1. The lowest BCUT2D eigenvalue weighted by molar-refractivity contribution is -0.603. The summed E-state index contributed by atoms with van der Waals surface area (Å²) >= 11 is 17.9. The van der Waals surface area contributed by atoms with E-state index in [-0.39, 0.29) is 11.7 Å². The van der Waals surface area contributed by atoms with Gasteiger partial charge in [-0.3, -0.25) is 0 Å². The minimum Gasteiger partial charge on any atom is -0.710 e. The van der Waals surface area contributed by atoms with Gasteiger partial charge >= 0.3 is 5.82 Å². The van der Waals surface area contributed by atoms with Crippen molar-refractivity contribution in [2.75, 3.05) is 0 Å². The Kier molecular flexibility index (Phi) is 3.89. The molecular weight excluding hydrogens is 331 g/mol. The van der Waals surface area contributed by atoms with Gasteiger partial charge in [0, 0.05) is 11.6 Å². The van der Waals surface area contributed by atoms with Crippen molar-refractivity contribution in [2.24, 2.45) is 0 Å². The molecule has 0 saturated carbocycles. The summed E-state index contributed by atoms with van der Waals surface area (Å²) in [6.07, 6.45) is 0. The molecule has 1 aromatic heterocycles. The third-order valence-electron chi connectivity index (χ3n) is 3.15. The van der Waals surface area contributed by atoms with Gasteiger partial charge in [-0.1, -0.05) is 53.5 Å². The van der Waals surface area contributed by atoms with Gasteiger partial charge in [0.05, 0.1) is 15.4 Å². The van der Waals surface area contributed by atoms with Gasteiger partial charge in [0.1, 0.15) is 11.6 Å². The highest BCUT2D eigenvalue weighted by Crippen LogP contribution is 2.31. The molecule has 3 rings (SSSR count). The molecule has 3 aromatic rings. The van der Waals surface area contributed by atoms with E-state index in [1.165, 1.54) is 0 Å². The molecule has 0 radical (unpaired) electrons. The maximum absolute atomic E-state index is 12.5. The minimum absolute atomic E-state index is 0.0134. The molecule has 0 aliphatic rings. The molecule has 0 aliphatic carbocycles. The fourth-order valence-electron chi connectivity index (χ4n) is 2.19. The highest BCUT2D eigenvalue weighted by atomic mass is 35.5. The molecule has 0 unspecified atom stereocenters. The molecule has 0 atom stereocenters. The smallest absolute Gasteiger partial charge is 0.317 e. The third-order valence-corrected chi connectivity index (χ3v) is 4.11. The Morgan fingerprint density at radius 2 is 1.71 bits per heavy atom. The molecule has 0 saturated heterocycles. The van der Waals surface area contributed by atoms with Crippen LogP contribution in [0.5, 0.6) is 0 Å². The molecule has 0 fully saturated rings. The van der Waals surface area contributed by atoms with Crippen molar-refractivity contribution in [3.8, 4) is 11.3 Å². The molecule has 0 aliphatic heterocycles. The Morgan fingerprint density at radius 1 is 1.05 bits per heavy atom. The molecule has 1 heterocycles. The second-order valence-corrected chi connectivity index (χ2v) is 5.54. The number of nitrogens with zero attached hydrogens (tertiary/aromatic N) is 2. The van der Waals surface area contributed by atoms with Gasteiger partial charge in [-0.2, -0.15) is 0 Å². The van der Waals surface area contributed by atoms with E-state index >= 15 is 0 Å². The SMILES string of the molecule is [O-][n+]1c(CCl)nc2cc(Cl)c(Cl)cc2c1-c1ccccc1. The average molecular weight is 340 g/mol. The van der Waals surface area contributed by atoms with Gasteiger partial charge in [-0.05, 0) is 11.1 Å². The molecule has 0 spiro atoms. The Morgan fingerprint density at radius 3 is 2.38 bits per heavy atom. The predicted octanol–water partition coefficient (Wildman–Crippen LogP) is 4.58. The lowest BCUT2D eigenvalue weighted by Crippen LogP contribution is -2.35. The number of rotatable bonds is 2. The van der Waals surface area contributed by atoms with Gasteiger partial charge < -0.3 is 5.21 Å². The summed E-state index contributed by atoms with van der Waals surface area (Å²) in [7, 11) is 0. The first-order valence-electron chi connectivity index (χ1n) is 6.14. The van der Waals surface area contributed by atoms with E-state index < -0.39 is 0 Å². The second kappa shape index (κ2) is 5.68. The van der Waals surface area contributed by atoms with Crippen LogP contribution in [0.3, 0.4) is 0 Å². The van der Waals surface area contributed by atoms with Crippen LogP contribution in [-0.2, 0) is 5.88 Å². The van der Waals surface area contributed by atoms with E-state index in [0.717, 1.165) is 10.3 Å². The number of hydrogen-bond acceptors (Lipinski definition) is 2. The summed E-state index contributed by atoms with van der Waals surface area (Å²) in [6, 6.07) is 12.6. The fourth-order valence-corrected chi connectivity index (χ4v) is 2.68. The summed E-state index contributed by atoms with van der Waals surface area (Å²) in [5, 5.41) is 13.9. The van der Waals surface area contributed by atoms with Crippen molar-refractivity contribution in [3.05, 3.63) is 63.5 Å². The van der Waals surface area contributed by atoms with Crippen LogP contribution in [0.1, 0.15) is 5.82 Å². The van der Waals surface area contributed by atoms with Crippen molar-refractivity contribution in [1.29, 1.82) is 0 Å². The Balaban J connectivity index is 2.45. The van der Waals surface area contributed by atoms with E-state index in [4.69, 9.17) is 34.8 Å². The van der Waals surface area contributed by atoms with Crippen molar-refractivity contribution < 1.29 is 4.73 Å². The monoisotopic (exact) mass is 338 g/mol. The first-order chi connectivity index (χ1) is 10.1. The molecule has 0 bridgehead atoms. The summed E-state index contributed by atoms with van der Waals surface area (Å²) in [6.45, 7) is 0. The van der Waals surface area contributed by atoms with Crippen LogP contribution in [0.4, 0.5) is 0 Å². The maximum atomic E-state index is 12.5. The zero-order chi connectivity index (χ0) is 15.0. The normalized spacial score (nSPS) is 11.0. The molecule has 21 heavy (non-hydrogen) atoms. The topological polar surface area (TPSA) is 39.8 Å². The first kappa shape index (κ1) is 14.4. The Hall–Kier alpha value is -1.55. The zero-order valence-corrected chi connectivity index (χ0v) is 13.0. The summed E-state index contributed by atoms with van der Waals surface area (Å²) in [5.41, 5.74) is 1.82. The lowest BCUT2D eigenvalue weighted by Gasteiger charge is -2.14. The van der Waals surface area contributed by atoms with Crippen LogP contribution in [0.15, 0.2) is 42.5 Å². The Bertz CT molecular complexity index is 822. The highest BCUT2D eigenvalue weighted by Gasteiger charge is 2.20. The number of halogens is 3. The van der Waals surface area contributed by atoms with Crippen LogP contribution in [0, 0.1) is 5.21 Å². The van der Waals surface area contributed by atoms with Crippen LogP contribution in [-0.4, -0.2) is 4.98 Å². The number of hydrogen-bond donors (Lipinski definition) is 0. The second-order valence-electron chi connectivity index (χ2n) is 4.45. The van der Waals surface area contributed by atoms with E-state index in [9.17, 15) is 5.21 Å². The number of aromatic nitrogens is 2. The van der Waals surface area contributed by atoms with Gasteiger partial charge in [-0.25, -0.2) is 4.73 Å². The van der Waals surface area contributed by atoms with Gasteiger partial charge in [0.2, 0.25) is 0 Å². The van der Waals surface area contributed by atoms with Gasteiger partial charge in [0.25, 0.3) is 0 Å². The van der Waals surface area contributed by atoms with Crippen molar-refractivity contribution >= 4 is 45.7 Å². The first-order valence-corrected chi connectivity index (χ1v) is 7.43. The van der Waals surface area contributed by atoms with Gasteiger partial charge in [0.15, 0.2) is 5.52 Å². The van der Waals surface area contributed by atoms with Crippen LogP contribution in [0.25, 0.3) is 22.2 Å². The van der Waals surface area contributed by atoms with E-state index in [1.54, 1.807) is 12.1 Å². The fraction of sp³-hybridized carbons (Fsp3) is 0.0667. The minimum atomic E-state index is 0.0134. The third kappa shape index (κ3) is 2.53. The average Bonchev–Trinajstić information content (AvgIpc) is 2.49. The van der Waals surface area contributed by atoms with E-state index in [1.807, 2.05) is 30.3 Å². The molecular formula is C15H9Cl3N2O. The van der Waals surface area contributed by atoms with Crippen molar-refractivity contribution in [1.82, 2.24) is 4.98 Å². The van der Waals surface area contributed by atoms with Crippen LogP contribution < -0.4 is 4.73 Å². The van der Waals surface area contributed by atoms with E-state index in [0.29, 0.717) is 26.6 Å². The Labute approximate surface area is 136 Å². The molecule has 6 heteroatoms. The zero-order valence-electron chi connectivity index (χ0n) is 10.7. The summed E-state index contributed by atoms with van der Waals surface area (Å²) in [5.74, 6) is 0.237. The quantitative estimate of drug-likeness (QED) is 0.389. The highest BCUT2D eigenvalue weighted by molar-refractivity contribution is 6.42. The number of benzene rings is 2. The molecule has 3 nitrogen and oxygen atoms in total. The molecule has 0 amide bonds. The van der Waals surface area contributed by atoms with Crippen LogP contribution in [0.2, 0.25) is 10.0 Å². The maximum Gasteiger partial charge on any atom is 0.317 e. The summed E-state index contributed by atoms with van der Waals surface area (Å²) in [4.78, 5) is 4.26. The van der Waals surface area contributed by atoms with Crippen molar-refractivity contribution in [3.63, 3.8) is 0 Å². The molecule has 106 valence electrons. The molecule has 0 N–H and O–H groups in total. The standard InChI is InChI=1S/C15H9Cl3N2O/c16-8-14-19-13-7-12(18)11(17)6-10(13)15(20(14)21)9-4-2-1-3-5-9/h1-7H,8H2. The summed E-state index contributed by atoms with van der Waals surface area (Å²) < 4.78 is 0.745. The van der Waals surface area contributed by atoms with Crippen molar-refractivity contribution in [2.45, 2.75) is 5.88 Å². The predicted molar refractivity (Wildman–Crippen MR) is 85.7 cm³/mol. The van der Waals surface area contributed by atoms with E-state index in [2.05, 4.69) is 4.98 Å².